The molecule has 0 unspecified atom stereocenters. The fraction of sp³-hybridized carbons (Fsp3) is 0.364. The summed E-state index contributed by atoms with van der Waals surface area (Å²) in [4.78, 5) is 4.81. The molecule has 4 rings (SSSR count). The lowest BCUT2D eigenvalue weighted by molar-refractivity contribution is 0.119. The molecular formula is C22H24F2N2. The summed E-state index contributed by atoms with van der Waals surface area (Å²) < 4.78 is 28.0. The first kappa shape index (κ1) is 17.4. The highest BCUT2D eigenvalue weighted by molar-refractivity contribution is 5.70. The number of likely N-dealkylation sites (tertiary alicyclic amines) is 1. The molecule has 0 bridgehead atoms. The lowest BCUT2D eigenvalue weighted by atomic mass is 9.99. The van der Waals surface area contributed by atoms with Crippen molar-refractivity contribution >= 4 is 5.57 Å². The van der Waals surface area contributed by atoms with Crippen LogP contribution in [0.25, 0.3) is 5.57 Å². The molecule has 2 aliphatic heterocycles. The van der Waals surface area contributed by atoms with E-state index >= 15 is 0 Å². The summed E-state index contributed by atoms with van der Waals surface area (Å²) >= 11 is 0. The van der Waals surface area contributed by atoms with E-state index in [1.165, 1.54) is 23.8 Å². The molecule has 0 N–H and O–H groups in total. The van der Waals surface area contributed by atoms with E-state index < -0.39 is 5.82 Å². The van der Waals surface area contributed by atoms with Gasteiger partial charge in [-0.1, -0.05) is 36.4 Å². The van der Waals surface area contributed by atoms with Crippen molar-refractivity contribution in [3.8, 4) is 0 Å². The van der Waals surface area contributed by atoms with E-state index in [2.05, 4.69) is 35.1 Å². The fourth-order valence-corrected chi connectivity index (χ4v) is 4.17. The van der Waals surface area contributed by atoms with E-state index in [0.29, 0.717) is 18.2 Å². The number of hydrogen-bond acceptors (Lipinski definition) is 2. The van der Waals surface area contributed by atoms with Crippen LogP contribution in [0.4, 0.5) is 8.78 Å². The number of benzene rings is 2. The Morgan fingerprint density at radius 1 is 0.962 bits per heavy atom. The molecule has 0 aromatic heterocycles. The summed E-state index contributed by atoms with van der Waals surface area (Å²) in [6.45, 7) is 2.81. The van der Waals surface area contributed by atoms with Crippen LogP contribution in [0.5, 0.6) is 0 Å². The first-order valence-corrected chi connectivity index (χ1v) is 9.27. The summed E-state index contributed by atoms with van der Waals surface area (Å²) in [6, 6.07) is 14.6. The first-order valence-electron chi connectivity index (χ1n) is 9.27. The van der Waals surface area contributed by atoms with Crippen molar-refractivity contribution in [2.45, 2.75) is 24.9 Å². The van der Waals surface area contributed by atoms with Gasteiger partial charge in [0.05, 0.1) is 6.04 Å². The van der Waals surface area contributed by atoms with Gasteiger partial charge in [-0.15, -0.1) is 0 Å². The summed E-state index contributed by atoms with van der Waals surface area (Å²) in [5, 5.41) is 0. The Kier molecular flexibility index (Phi) is 4.88. The number of halogens is 2. The molecule has 0 saturated carbocycles. The van der Waals surface area contributed by atoms with Gasteiger partial charge in [-0.25, -0.2) is 8.78 Å². The normalized spacial score (nSPS) is 22.6. The molecule has 2 nitrogen and oxygen atoms in total. The fourth-order valence-electron chi connectivity index (χ4n) is 4.17. The van der Waals surface area contributed by atoms with Gasteiger partial charge in [0.1, 0.15) is 11.6 Å². The molecular weight excluding hydrogens is 330 g/mol. The average molecular weight is 354 g/mol. The minimum Gasteiger partial charge on any atom is -0.306 e. The molecule has 2 aromatic rings. The predicted molar refractivity (Wildman–Crippen MR) is 101 cm³/mol. The quantitative estimate of drug-likeness (QED) is 0.801. The van der Waals surface area contributed by atoms with Crippen LogP contribution >= 0.6 is 0 Å². The molecule has 2 aliphatic rings. The zero-order valence-electron chi connectivity index (χ0n) is 15.0. The molecule has 1 fully saturated rings. The molecule has 0 aliphatic carbocycles. The van der Waals surface area contributed by atoms with Crippen LogP contribution in [-0.4, -0.2) is 42.5 Å². The summed E-state index contributed by atoms with van der Waals surface area (Å²) in [7, 11) is 2.15. The van der Waals surface area contributed by atoms with Crippen LogP contribution in [0.3, 0.4) is 0 Å². The number of piperidine rings is 1. The molecule has 4 heteroatoms. The Morgan fingerprint density at radius 3 is 2.42 bits per heavy atom. The minimum absolute atomic E-state index is 0.113. The van der Waals surface area contributed by atoms with E-state index in [4.69, 9.17) is 0 Å². The second-order valence-corrected chi connectivity index (χ2v) is 7.38. The second-order valence-electron chi connectivity index (χ2n) is 7.38. The van der Waals surface area contributed by atoms with E-state index in [1.807, 2.05) is 18.2 Å². The minimum atomic E-state index is -0.392. The lowest BCUT2D eigenvalue weighted by Gasteiger charge is -2.38. The SMILES string of the molecule is CN1CCC(N2CC(c3cc(F)ccc3F)=C[C@H]2c2ccccc2)CC1. The third kappa shape index (κ3) is 3.44. The van der Waals surface area contributed by atoms with E-state index in [-0.39, 0.29) is 11.9 Å². The Morgan fingerprint density at radius 2 is 1.69 bits per heavy atom. The maximum atomic E-state index is 14.3. The van der Waals surface area contributed by atoms with Crippen molar-refractivity contribution < 1.29 is 8.78 Å². The van der Waals surface area contributed by atoms with Crippen molar-refractivity contribution in [1.82, 2.24) is 9.80 Å². The standard InChI is InChI=1S/C22H24F2N2/c1-25-11-9-19(10-12-25)26-15-17(20-14-18(23)7-8-21(20)24)13-22(26)16-5-3-2-4-6-16/h2-8,13-14,19,22H,9-12,15H2,1H3/t22-/m0/s1. The largest absolute Gasteiger partial charge is 0.306 e. The molecule has 0 spiro atoms. The highest BCUT2D eigenvalue weighted by Crippen LogP contribution is 2.38. The van der Waals surface area contributed by atoms with E-state index in [9.17, 15) is 8.78 Å². The smallest absolute Gasteiger partial charge is 0.130 e. The lowest BCUT2D eigenvalue weighted by Crippen LogP contribution is -2.43. The summed E-state index contributed by atoms with van der Waals surface area (Å²) in [6.07, 6.45) is 4.32. The van der Waals surface area contributed by atoms with Crippen LogP contribution in [-0.2, 0) is 0 Å². The number of rotatable bonds is 3. The zero-order chi connectivity index (χ0) is 18.1. The van der Waals surface area contributed by atoms with Crippen LogP contribution in [0, 0.1) is 11.6 Å². The van der Waals surface area contributed by atoms with Gasteiger partial charge < -0.3 is 4.90 Å². The summed E-state index contributed by atoms with van der Waals surface area (Å²) in [5.74, 6) is -0.744. The molecule has 0 amide bonds. The maximum absolute atomic E-state index is 14.3. The third-order valence-electron chi connectivity index (χ3n) is 5.64. The Labute approximate surface area is 153 Å². The van der Waals surface area contributed by atoms with Crippen molar-refractivity contribution in [2.75, 3.05) is 26.7 Å². The zero-order valence-corrected chi connectivity index (χ0v) is 15.0. The van der Waals surface area contributed by atoms with Gasteiger partial charge in [0, 0.05) is 18.2 Å². The molecule has 1 saturated heterocycles. The van der Waals surface area contributed by atoms with Gasteiger partial charge >= 0.3 is 0 Å². The number of hydrogen-bond donors (Lipinski definition) is 0. The topological polar surface area (TPSA) is 6.48 Å². The van der Waals surface area contributed by atoms with Gasteiger partial charge in [-0.05, 0) is 62.3 Å². The molecule has 136 valence electrons. The Balaban J connectivity index is 1.68. The highest BCUT2D eigenvalue weighted by atomic mass is 19.1. The van der Waals surface area contributed by atoms with Crippen LogP contribution in [0.1, 0.15) is 30.0 Å². The molecule has 26 heavy (non-hydrogen) atoms. The van der Waals surface area contributed by atoms with E-state index in [1.54, 1.807) is 0 Å². The third-order valence-corrected chi connectivity index (χ3v) is 5.64. The van der Waals surface area contributed by atoms with Crippen molar-refractivity contribution in [2.24, 2.45) is 0 Å². The monoisotopic (exact) mass is 354 g/mol. The predicted octanol–water partition coefficient (Wildman–Crippen LogP) is 4.50. The van der Waals surface area contributed by atoms with Gasteiger partial charge in [0.25, 0.3) is 0 Å². The average Bonchev–Trinajstić information content (AvgIpc) is 3.10. The highest BCUT2D eigenvalue weighted by Gasteiger charge is 2.34. The van der Waals surface area contributed by atoms with Crippen LogP contribution < -0.4 is 0 Å². The van der Waals surface area contributed by atoms with Gasteiger partial charge in [0.2, 0.25) is 0 Å². The first-order chi connectivity index (χ1) is 12.6. The van der Waals surface area contributed by atoms with Crippen molar-refractivity contribution in [3.63, 3.8) is 0 Å². The van der Waals surface area contributed by atoms with Crippen molar-refractivity contribution in [3.05, 3.63) is 77.4 Å². The van der Waals surface area contributed by atoms with Crippen molar-refractivity contribution in [1.29, 1.82) is 0 Å². The molecule has 0 radical (unpaired) electrons. The molecule has 2 aromatic carbocycles. The molecule has 1 atom stereocenters. The van der Waals surface area contributed by atoms with E-state index in [0.717, 1.165) is 31.5 Å². The van der Waals surface area contributed by atoms with Gasteiger partial charge in [0.15, 0.2) is 0 Å². The Bertz CT molecular complexity index is 795. The number of nitrogens with zero attached hydrogens (tertiary/aromatic N) is 2. The molecule has 2 heterocycles. The van der Waals surface area contributed by atoms with Crippen LogP contribution in [0.15, 0.2) is 54.6 Å². The maximum Gasteiger partial charge on any atom is 0.130 e. The van der Waals surface area contributed by atoms with Gasteiger partial charge in [-0.3, -0.25) is 4.90 Å². The summed E-state index contributed by atoms with van der Waals surface area (Å²) in [5.41, 5.74) is 2.48. The van der Waals surface area contributed by atoms with Gasteiger partial charge in [-0.2, -0.15) is 0 Å². The second kappa shape index (κ2) is 7.29. The van der Waals surface area contributed by atoms with Crippen LogP contribution in [0.2, 0.25) is 0 Å². The Hall–Kier alpha value is -2.04.